The van der Waals surface area contributed by atoms with Crippen molar-refractivity contribution in [1.29, 1.82) is 0 Å². The zero-order valence-electron chi connectivity index (χ0n) is 18.0. The zero-order valence-corrected chi connectivity index (χ0v) is 18.0. The van der Waals surface area contributed by atoms with Crippen LogP contribution in [-0.2, 0) is 9.59 Å². The first kappa shape index (κ1) is 23.5. The fraction of sp³-hybridized carbons (Fsp3) is 0.375. The van der Waals surface area contributed by atoms with Crippen molar-refractivity contribution >= 4 is 17.5 Å². The minimum atomic E-state index is -4.80. The summed E-state index contributed by atoms with van der Waals surface area (Å²) in [7, 11) is 0. The number of hydrogen-bond acceptors (Lipinski definition) is 4. The van der Waals surface area contributed by atoms with E-state index in [0.717, 1.165) is 34.4 Å². The predicted molar refractivity (Wildman–Crippen MR) is 112 cm³/mol. The van der Waals surface area contributed by atoms with Gasteiger partial charge in [0.25, 0.3) is 5.91 Å². The molecule has 1 amide bonds. The highest BCUT2D eigenvalue weighted by molar-refractivity contribution is 6.15. The summed E-state index contributed by atoms with van der Waals surface area (Å²) in [6.45, 7) is 5.93. The van der Waals surface area contributed by atoms with Crippen LogP contribution >= 0.6 is 0 Å². The Morgan fingerprint density at radius 2 is 1.66 bits per heavy atom. The van der Waals surface area contributed by atoms with Crippen molar-refractivity contribution in [3.05, 3.63) is 64.2 Å². The molecule has 2 aromatic rings. The average molecular weight is 447 g/mol. The van der Waals surface area contributed by atoms with Gasteiger partial charge in [-0.15, -0.1) is 13.2 Å². The van der Waals surface area contributed by atoms with Crippen molar-refractivity contribution in [2.24, 2.45) is 5.92 Å². The maximum absolute atomic E-state index is 13.0. The van der Waals surface area contributed by atoms with E-state index < -0.39 is 29.9 Å². The molecule has 0 aromatic heterocycles. The molecule has 5 nitrogen and oxygen atoms in total. The van der Waals surface area contributed by atoms with E-state index in [9.17, 15) is 27.6 Å². The van der Waals surface area contributed by atoms with E-state index in [1.165, 1.54) is 12.1 Å². The fourth-order valence-corrected chi connectivity index (χ4v) is 4.32. The second-order valence-corrected chi connectivity index (χ2v) is 8.13. The maximum Gasteiger partial charge on any atom is 0.573 e. The molecule has 0 aliphatic heterocycles. The van der Waals surface area contributed by atoms with Gasteiger partial charge in [-0.3, -0.25) is 14.4 Å². The van der Waals surface area contributed by atoms with Gasteiger partial charge in [0.2, 0.25) is 0 Å². The lowest BCUT2D eigenvalue weighted by Gasteiger charge is -2.16. The van der Waals surface area contributed by atoms with Crippen molar-refractivity contribution in [1.82, 2.24) is 5.32 Å². The molecule has 2 atom stereocenters. The van der Waals surface area contributed by atoms with Gasteiger partial charge in [0.05, 0.1) is 0 Å². The molecule has 3 rings (SSSR count). The van der Waals surface area contributed by atoms with Gasteiger partial charge in [0, 0.05) is 24.4 Å². The molecule has 8 heteroatoms. The lowest BCUT2D eigenvalue weighted by Crippen LogP contribution is -2.27. The summed E-state index contributed by atoms with van der Waals surface area (Å²) < 4.78 is 40.4. The molecule has 0 bridgehead atoms. The lowest BCUT2D eigenvalue weighted by molar-refractivity contribution is -0.274. The summed E-state index contributed by atoms with van der Waals surface area (Å²) in [5.41, 5.74) is 3.84. The molecule has 1 aliphatic rings. The van der Waals surface area contributed by atoms with E-state index in [0.29, 0.717) is 6.42 Å². The number of ether oxygens (including phenoxy) is 1. The molecule has 170 valence electrons. The summed E-state index contributed by atoms with van der Waals surface area (Å²) >= 11 is 0. The van der Waals surface area contributed by atoms with Crippen molar-refractivity contribution in [2.75, 3.05) is 6.54 Å². The standard InChI is InChI=1S/C24H24F3NO4/c1-13-10-14(2)20(15(3)11-13)21-19(29)12-17(22(21)30)8-9-28-23(31)16-4-6-18(7-5-16)32-24(25,26)27/h4-7,10-11,17,21H,8-9,12H2,1-3H3,(H,28,31). The van der Waals surface area contributed by atoms with Gasteiger partial charge in [0.1, 0.15) is 17.5 Å². The van der Waals surface area contributed by atoms with E-state index in [2.05, 4.69) is 10.1 Å². The molecule has 32 heavy (non-hydrogen) atoms. The van der Waals surface area contributed by atoms with Crippen molar-refractivity contribution < 1.29 is 32.3 Å². The molecule has 1 aliphatic carbocycles. The van der Waals surface area contributed by atoms with Gasteiger partial charge in [-0.2, -0.15) is 0 Å². The molecule has 0 spiro atoms. The Kier molecular flexibility index (Phi) is 6.71. The number of hydrogen-bond donors (Lipinski definition) is 1. The highest BCUT2D eigenvalue weighted by Gasteiger charge is 2.42. The van der Waals surface area contributed by atoms with E-state index >= 15 is 0 Å². The first-order valence-electron chi connectivity index (χ1n) is 10.2. The molecule has 2 aromatic carbocycles. The SMILES string of the molecule is Cc1cc(C)c(C2C(=O)CC(CCNC(=O)c3ccc(OC(F)(F)F)cc3)C2=O)c(C)c1. The van der Waals surface area contributed by atoms with Gasteiger partial charge >= 0.3 is 6.36 Å². The van der Waals surface area contributed by atoms with E-state index in [1.807, 2.05) is 32.9 Å². The number of benzene rings is 2. The Hall–Kier alpha value is -3.16. The van der Waals surface area contributed by atoms with E-state index in [4.69, 9.17) is 0 Å². The van der Waals surface area contributed by atoms with Crippen molar-refractivity contribution in [3.8, 4) is 5.75 Å². The number of aryl methyl sites for hydroxylation is 3. The molecule has 1 fully saturated rings. The number of ketones is 2. The van der Waals surface area contributed by atoms with Gasteiger partial charge in [-0.1, -0.05) is 17.7 Å². The quantitative estimate of drug-likeness (QED) is 0.659. The Morgan fingerprint density at radius 3 is 2.22 bits per heavy atom. The van der Waals surface area contributed by atoms with Crippen LogP contribution in [0.2, 0.25) is 0 Å². The first-order valence-corrected chi connectivity index (χ1v) is 10.2. The smallest absolute Gasteiger partial charge is 0.406 e. The van der Waals surface area contributed by atoms with Crippen LogP contribution in [0.1, 0.15) is 51.4 Å². The van der Waals surface area contributed by atoms with Gasteiger partial charge < -0.3 is 10.1 Å². The van der Waals surface area contributed by atoms with Crippen LogP contribution in [0, 0.1) is 26.7 Å². The maximum atomic E-state index is 13.0. The van der Waals surface area contributed by atoms with Gasteiger partial charge in [0.15, 0.2) is 5.78 Å². The predicted octanol–water partition coefficient (Wildman–Crippen LogP) is 4.57. The van der Waals surface area contributed by atoms with Crippen molar-refractivity contribution in [2.45, 2.75) is 45.9 Å². The summed E-state index contributed by atoms with van der Waals surface area (Å²) in [4.78, 5) is 37.8. The van der Waals surface area contributed by atoms with Crippen LogP contribution in [0.15, 0.2) is 36.4 Å². The number of rotatable bonds is 6. The third-order valence-corrected chi connectivity index (χ3v) is 5.61. The Balaban J connectivity index is 1.58. The summed E-state index contributed by atoms with van der Waals surface area (Å²) in [5, 5.41) is 2.65. The molecular formula is C24H24F3NO4. The summed E-state index contributed by atoms with van der Waals surface area (Å²) in [6, 6.07) is 8.47. The van der Waals surface area contributed by atoms with Crippen LogP contribution in [0.3, 0.4) is 0 Å². The molecular weight excluding hydrogens is 423 g/mol. The van der Waals surface area contributed by atoms with Crippen LogP contribution in [0.5, 0.6) is 5.75 Å². The molecule has 0 saturated heterocycles. The molecule has 1 saturated carbocycles. The number of Topliss-reactive ketones (excluding diaryl/α,β-unsaturated/α-hetero) is 2. The third kappa shape index (κ3) is 5.36. The zero-order chi connectivity index (χ0) is 23.6. The Morgan fingerprint density at radius 1 is 1.06 bits per heavy atom. The summed E-state index contributed by atoms with van der Waals surface area (Å²) in [5.74, 6) is -2.39. The van der Waals surface area contributed by atoms with E-state index in [-0.39, 0.29) is 30.1 Å². The second-order valence-electron chi connectivity index (χ2n) is 8.13. The monoisotopic (exact) mass is 447 g/mol. The number of carbonyl (C=O) groups is 3. The number of carbonyl (C=O) groups excluding carboxylic acids is 3. The highest BCUT2D eigenvalue weighted by atomic mass is 19.4. The number of amides is 1. The highest BCUT2D eigenvalue weighted by Crippen LogP contribution is 2.37. The third-order valence-electron chi connectivity index (χ3n) is 5.61. The number of halogens is 3. The molecule has 1 N–H and O–H groups in total. The van der Waals surface area contributed by atoms with Crippen LogP contribution in [0.25, 0.3) is 0 Å². The number of nitrogens with one attached hydrogen (secondary N) is 1. The first-order chi connectivity index (χ1) is 15.0. The largest absolute Gasteiger partial charge is 0.573 e. The normalized spacial score (nSPS) is 18.7. The number of alkyl halides is 3. The van der Waals surface area contributed by atoms with Crippen molar-refractivity contribution in [3.63, 3.8) is 0 Å². The Labute approximate surface area is 184 Å². The van der Waals surface area contributed by atoms with Crippen LogP contribution < -0.4 is 10.1 Å². The van der Waals surface area contributed by atoms with Crippen LogP contribution in [-0.4, -0.2) is 30.4 Å². The Bertz CT molecular complexity index is 1020. The van der Waals surface area contributed by atoms with Gasteiger partial charge in [-0.05, 0) is 68.1 Å². The molecule has 0 radical (unpaired) electrons. The minimum Gasteiger partial charge on any atom is -0.406 e. The second kappa shape index (κ2) is 9.14. The summed E-state index contributed by atoms with van der Waals surface area (Å²) in [6.07, 6.45) is -4.36. The van der Waals surface area contributed by atoms with E-state index in [1.54, 1.807) is 0 Å². The average Bonchev–Trinajstić information content (AvgIpc) is 2.94. The topological polar surface area (TPSA) is 72.5 Å². The van der Waals surface area contributed by atoms with Crippen LogP contribution in [0.4, 0.5) is 13.2 Å². The lowest BCUT2D eigenvalue weighted by atomic mass is 9.86. The minimum absolute atomic E-state index is 0.110. The molecule has 0 heterocycles. The fourth-order valence-electron chi connectivity index (χ4n) is 4.32. The van der Waals surface area contributed by atoms with Gasteiger partial charge in [-0.25, -0.2) is 0 Å². The molecule has 2 unspecified atom stereocenters.